The Bertz CT molecular complexity index is 198. The molecule has 0 heterocycles. The molecule has 0 radical (unpaired) electrons. The van der Waals surface area contributed by atoms with E-state index in [1.807, 2.05) is 0 Å². The predicted molar refractivity (Wildman–Crippen MR) is 103 cm³/mol. The highest BCUT2D eigenvalue weighted by molar-refractivity contribution is 7.20. The molecule has 0 aromatic carbocycles. The fourth-order valence-electron chi connectivity index (χ4n) is 2.91. The summed E-state index contributed by atoms with van der Waals surface area (Å²) in [6, 6.07) is 0. The molecule has 21 heavy (non-hydrogen) atoms. The van der Waals surface area contributed by atoms with Crippen molar-refractivity contribution in [3.05, 3.63) is 11.9 Å². The Morgan fingerprint density at radius 2 is 0.857 bits per heavy atom. The second-order valence-corrected chi connectivity index (χ2v) is 6.91. The van der Waals surface area contributed by atoms with Gasteiger partial charge in [-0.2, -0.15) is 0 Å². The van der Waals surface area contributed by atoms with Gasteiger partial charge in [0, 0.05) is 0 Å². The van der Waals surface area contributed by atoms with Crippen LogP contribution in [-0.2, 0) is 0 Å². The molecule has 0 aliphatic heterocycles. The SMILES string of the molecule is CCCCCCCCCCCCCCCCCCC=CP. The lowest BCUT2D eigenvalue weighted by Crippen LogP contribution is -1.83. The van der Waals surface area contributed by atoms with Crippen LogP contribution in [0.5, 0.6) is 0 Å². The molecule has 0 aromatic rings. The van der Waals surface area contributed by atoms with Crippen LogP contribution < -0.4 is 0 Å². The van der Waals surface area contributed by atoms with Crippen molar-refractivity contribution >= 4 is 9.24 Å². The summed E-state index contributed by atoms with van der Waals surface area (Å²) < 4.78 is 0. The molecule has 126 valence electrons. The zero-order valence-electron chi connectivity index (χ0n) is 14.8. The van der Waals surface area contributed by atoms with Gasteiger partial charge in [0.1, 0.15) is 0 Å². The van der Waals surface area contributed by atoms with Crippen LogP contribution in [0.4, 0.5) is 0 Å². The average molecular weight is 313 g/mol. The molecule has 0 aromatic heterocycles. The monoisotopic (exact) mass is 312 g/mol. The fraction of sp³-hybridized carbons (Fsp3) is 0.900. The number of rotatable bonds is 17. The van der Waals surface area contributed by atoms with Crippen molar-refractivity contribution in [1.29, 1.82) is 0 Å². The molecule has 0 amide bonds. The molecule has 0 bridgehead atoms. The van der Waals surface area contributed by atoms with Crippen molar-refractivity contribution in [2.45, 2.75) is 116 Å². The molecule has 0 spiro atoms. The highest BCUT2D eigenvalue weighted by Gasteiger charge is 1.94. The van der Waals surface area contributed by atoms with Gasteiger partial charge in [-0.1, -0.05) is 115 Å². The van der Waals surface area contributed by atoms with E-state index in [4.69, 9.17) is 0 Å². The smallest absolute Gasteiger partial charge is 0.0347 e. The molecule has 0 saturated carbocycles. The maximum Gasteiger partial charge on any atom is -0.0347 e. The molecule has 0 aliphatic rings. The molecular weight excluding hydrogens is 271 g/mol. The minimum atomic E-state index is 1.27. The molecule has 0 N–H and O–H groups in total. The van der Waals surface area contributed by atoms with Gasteiger partial charge >= 0.3 is 0 Å². The van der Waals surface area contributed by atoms with E-state index in [0.29, 0.717) is 0 Å². The summed E-state index contributed by atoms with van der Waals surface area (Å²) in [6.07, 6.45) is 26.8. The second kappa shape index (κ2) is 20.2. The van der Waals surface area contributed by atoms with Gasteiger partial charge in [0.2, 0.25) is 0 Å². The minimum Gasteiger partial charge on any atom is -0.114 e. The van der Waals surface area contributed by atoms with Crippen LogP contribution >= 0.6 is 9.24 Å². The minimum absolute atomic E-state index is 1.27. The first-order valence-corrected chi connectivity index (χ1v) is 10.4. The van der Waals surface area contributed by atoms with Crippen molar-refractivity contribution in [3.8, 4) is 0 Å². The zero-order chi connectivity index (χ0) is 15.4. The van der Waals surface area contributed by atoms with Crippen LogP contribution in [0, 0.1) is 0 Å². The third-order valence-corrected chi connectivity index (χ3v) is 4.63. The standard InChI is InChI=1S/C20H41P/c1-2-3-4-5-6-7-8-9-10-11-12-13-14-15-16-17-18-19-20-21/h19-20H,2-18,21H2,1H3. The summed E-state index contributed by atoms with van der Waals surface area (Å²) >= 11 is 0. The second-order valence-electron chi connectivity index (χ2n) is 6.52. The Labute approximate surface area is 137 Å². The first-order valence-electron chi connectivity index (χ1n) is 9.78. The highest BCUT2D eigenvalue weighted by atomic mass is 31.0. The Kier molecular flexibility index (Phi) is 20.3. The molecule has 0 nitrogen and oxygen atoms in total. The third-order valence-electron chi connectivity index (χ3n) is 4.36. The van der Waals surface area contributed by atoms with Gasteiger partial charge in [0.25, 0.3) is 0 Å². The van der Waals surface area contributed by atoms with Gasteiger partial charge in [-0.15, -0.1) is 9.24 Å². The normalized spacial score (nSPS) is 11.5. The van der Waals surface area contributed by atoms with E-state index in [0.717, 1.165) is 0 Å². The van der Waals surface area contributed by atoms with E-state index in [1.54, 1.807) is 0 Å². The Morgan fingerprint density at radius 3 is 1.19 bits per heavy atom. The van der Waals surface area contributed by atoms with Crippen molar-refractivity contribution < 1.29 is 0 Å². The van der Waals surface area contributed by atoms with Crippen LogP contribution in [0.3, 0.4) is 0 Å². The fourth-order valence-corrected chi connectivity index (χ4v) is 3.10. The van der Waals surface area contributed by atoms with E-state index in [1.165, 1.54) is 109 Å². The van der Waals surface area contributed by atoms with Crippen LogP contribution in [0.2, 0.25) is 0 Å². The molecule has 0 fully saturated rings. The molecule has 1 unspecified atom stereocenters. The Morgan fingerprint density at radius 1 is 0.524 bits per heavy atom. The summed E-state index contributed by atoms with van der Waals surface area (Å²) in [4.78, 5) is 0. The van der Waals surface area contributed by atoms with Crippen LogP contribution in [0.1, 0.15) is 116 Å². The van der Waals surface area contributed by atoms with E-state index < -0.39 is 0 Å². The average Bonchev–Trinajstić information content (AvgIpc) is 2.50. The zero-order valence-corrected chi connectivity index (χ0v) is 15.9. The number of hydrogen-bond acceptors (Lipinski definition) is 0. The van der Waals surface area contributed by atoms with Crippen molar-refractivity contribution in [1.82, 2.24) is 0 Å². The maximum absolute atomic E-state index is 2.65. The lowest BCUT2D eigenvalue weighted by Gasteiger charge is -2.03. The first kappa shape index (κ1) is 21.2. The quantitative estimate of drug-likeness (QED) is 0.188. The molecule has 0 saturated heterocycles. The summed E-state index contributed by atoms with van der Waals surface area (Å²) in [6.45, 7) is 2.29. The van der Waals surface area contributed by atoms with Gasteiger partial charge in [-0.3, -0.25) is 0 Å². The number of allylic oxidation sites excluding steroid dienone is 1. The van der Waals surface area contributed by atoms with Gasteiger partial charge in [0.15, 0.2) is 0 Å². The first-order chi connectivity index (χ1) is 10.4. The maximum atomic E-state index is 2.65. The Balaban J connectivity index is 2.93. The largest absolute Gasteiger partial charge is 0.114 e. The third kappa shape index (κ3) is 20.2. The van der Waals surface area contributed by atoms with Gasteiger partial charge in [-0.05, 0) is 12.8 Å². The summed E-state index contributed by atoms with van der Waals surface area (Å²) in [5.74, 6) is 2.09. The van der Waals surface area contributed by atoms with Gasteiger partial charge in [-0.25, -0.2) is 0 Å². The van der Waals surface area contributed by atoms with Crippen molar-refractivity contribution in [2.75, 3.05) is 0 Å². The molecule has 1 heteroatoms. The number of unbranched alkanes of at least 4 members (excludes halogenated alkanes) is 16. The number of hydrogen-bond donors (Lipinski definition) is 0. The molecule has 1 atom stereocenters. The lowest BCUT2D eigenvalue weighted by molar-refractivity contribution is 0.530. The van der Waals surface area contributed by atoms with Gasteiger partial charge in [0.05, 0.1) is 0 Å². The van der Waals surface area contributed by atoms with E-state index in [9.17, 15) is 0 Å². The molecular formula is C20H41P. The van der Waals surface area contributed by atoms with Crippen molar-refractivity contribution in [2.24, 2.45) is 0 Å². The summed E-state index contributed by atoms with van der Waals surface area (Å²) in [7, 11) is 2.65. The molecule has 0 aliphatic carbocycles. The molecule has 0 rings (SSSR count). The summed E-state index contributed by atoms with van der Waals surface area (Å²) in [5, 5.41) is 0. The van der Waals surface area contributed by atoms with Crippen LogP contribution in [-0.4, -0.2) is 0 Å². The highest BCUT2D eigenvalue weighted by Crippen LogP contribution is 2.14. The predicted octanol–water partition coefficient (Wildman–Crippen LogP) is 8.03. The Hall–Kier alpha value is 0.170. The van der Waals surface area contributed by atoms with Crippen LogP contribution in [0.25, 0.3) is 0 Å². The van der Waals surface area contributed by atoms with Crippen molar-refractivity contribution in [3.63, 3.8) is 0 Å². The van der Waals surface area contributed by atoms with E-state index >= 15 is 0 Å². The van der Waals surface area contributed by atoms with Gasteiger partial charge < -0.3 is 0 Å². The lowest BCUT2D eigenvalue weighted by atomic mass is 10.0. The summed E-state index contributed by atoms with van der Waals surface area (Å²) in [5.41, 5.74) is 0. The van der Waals surface area contributed by atoms with E-state index in [-0.39, 0.29) is 0 Å². The van der Waals surface area contributed by atoms with Crippen LogP contribution in [0.15, 0.2) is 11.9 Å². The topological polar surface area (TPSA) is 0 Å². The van der Waals surface area contributed by atoms with E-state index in [2.05, 4.69) is 28.1 Å².